The van der Waals surface area contributed by atoms with Gasteiger partial charge in [-0.15, -0.1) is 11.3 Å². The van der Waals surface area contributed by atoms with Crippen molar-refractivity contribution in [1.82, 2.24) is 4.57 Å². The number of aryl methyl sites for hydroxylation is 1. The van der Waals surface area contributed by atoms with Crippen molar-refractivity contribution in [3.63, 3.8) is 0 Å². The number of nitrogens with zero attached hydrogens (tertiary/aromatic N) is 1. The van der Waals surface area contributed by atoms with Gasteiger partial charge >= 0.3 is 5.97 Å². The summed E-state index contributed by atoms with van der Waals surface area (Å²) in [5.41, 5.74) is 1.64. The molecule has 3 nitrogen and oxygen atoms in total. The molecule has 0 saturated heterocycles. The molecule has 2 aromatic heterocycles. The summed E-state index contributed by atoms with van der Waals surface area (Å²) >= 11 is 5.14. The third-order valence-corrected chi connectivity index (χ3v) is 4.82. The van der Waals surface area contributed by atoms with Crippen LogP contribution in [0.4, 0.5) is 0 Å². The number of carboxylic acids is 1. The van der Waals surface area contributed by atoms with Crippen molar-refractivity contribution >= 4 is 33.2 Å². The molecule has 1 aliphatic carbocycles. The molecular weight excluding hydrogens is 314 g/mol. The van der Waals surface area contributed by atoms with E-state index in [1.165, 1.54) is 10.4 Å². The van der Waals surface area contributed by atoms with Gasteiger partial charge in [-0.05, 0) is 58.3 Å². The van der Waals surface area contributed by atoms with Crippen LogP contribution in [0.5, 0.6) is 0 Å². The van der Waals surface area contributed by atoms with E-state index in [2.05, 4.69) is 27.4 Å². The summed E-state index contributed by atoms with van der Waals surface area (Å²) in [6, 6.07) is 3.96. The van der Waals surface area contributed by atoms with E-state index in [-0.39, 0.29) is 6.04 Å². The molecule has 0 amide bonds. The first-order valence-corrected chi connectivity index (χ1v) is 7.51. The van der Waals surface area contributed by atoms with Gasteiger partial charge in [0.25, 0.3) is 0 Å². The van der Waals surface area contributed by atoms with E-state index in [1.807, 2.05) is 10.8 Å². The fourth-order valence-corrected chi connectivity index (χ4v) is 4.04. The van der Waals surface area contributed by atoms with Gasteiger partial charge in [-0.1, -0.05) is 0 Å². The number of carbonyl (C=O) groups is 1. The van der Waals surface area contributed by atoms with Crippen molar-refractivity contribution < 1.29 is 9.90 Å². The summed E-state index contributed by atoms with van der Waals surface area (Å²) in [5.74, 6) is -0.872. The summed E-state index contributed by atoms with van der Waals surface area (Å²) in [5, 5.41) is 11.4. The maximum atomic E-state index is 11.3. The van der Waals surface area contributed by atoms with Crippen LogP contribution in [0.3, 0.4) is 0 Å². The predicted molar refractivity (Wildman–Crippen MR) is 74.5 cm³/mol. The number of halogens is 1. The van der Waals surface area contributed by atoms with Crippen LogP contribution in [0.1, 0.15) is 39.8 Å². The minimum Gasteiger partial charge on any atom is -0.477 e. The van der Waals surface area contributed by atoms with Gasteiger partial charge in [0.15, 0.2) is 0 Å². The smallest absolute Gasteiger partial charge is 0.352 e. The SMILES string of the molecule is O=C(O)c1cc(Br)cn1C1CCCc2sccc21. The first kappa shape index (κ1) is 12.0. The van der Waals surface area contributed by atoms with Crippen LogP contribution in [0.25, 0.3) is 0 Å². The molecule has 5 heteroatoms. The van der Waals surface area contributed by atoms with Crippen molar-refractivity contribution in [2.24, 2.45) is 0 Å². The van der Waals surface area contributed by atoms with Crippen LogP contribution in [0, 0.1) is 0 Å². The van der Waals surface area contributed by atoms with E-state index in [1.54, 1.807) is 17.4 Å². The lowest BCUT2D eigenvalue weighted by molar-refractivity contribution is 0.0683. The highest BCUT2D eigenvalue weighted by Crippen LogP contribution is 2.37. The lowest BCUT2D eigenvalue weighted by Gasteiger charge is -2.25. The molecule has 94 valence electrons. The molecule has 0 spiro atoms. The van der Waals surface area contributed by atoms with E-state index in [4.69, 9.17) is 0 Å². The highest BCUT2D eigenvalue weighted by molar-refractivity contribution is 9.10. The molecule has 1 unspecified atom stereocenters. The molecule has 1 N–H and O–H groups in total. The lowest BCUT2D eigenvalue weighted by Crippen LogP contribution is -2.18. The Morgan fingerprint density at radius 1 is 1.56 bits per heavy atom. The summed E-state index contributed by atoms with van der Waals surface area (Å²) in [6.07, 6.45) is 5.12. The summed E-state index contributed by atoms with van der Waals surface area (Å²) in [6.45, 7) is 0. The predicted octanol–water partition coefficient (Wildman–Crippen LogP) is 3.94. The molecule has 0 aromatic carbocycles. The van der Waals surface area contributed by atoms with E-state index in [0.29, 0.717) is 5.69 Å². The molecular formula is C13H12BrNO2S. The Balaban J connectivity index is 2.10. The second-order valence-electron chi connectivity index (χ2n) is 4.46. The second kappa shape index (κ2) is 4.55. The van der Waals surface area contributed by atoms with Gasteiger partial charge in [0.05, 0.1) is 6.04 Å². The van der Waals surface area contributed by atoms with Crippen molar-refractivity contribution in [3.8, 4) is 0 Å². The number of fused-ring (bicyclic) bond motifs is 1. The topological polar surface area (TPSA) is 42.2 Å². The Labute approximate surface area is 117 Å². The molecule has 1 atom stereocenters. The summed E-state index contributed by atoms with van der Waals surface area (Å²) < 4.78 is 2.71. The van der Waals surface area contributed by atoms with Crippen LogP contribution in [0.2, 0.25) is 0 Å². The standard InChI is InChI=1S/C13H12BrNO2S/c14-8-6-11(13(16)17)15(7-8)10-2-1-3-12-9(10)4-5-18-12/h4-7,10H,1-3H2,(H,16,17). The van der Waals surface area contributed by atoms with Crippen LogP contribution in [-0.4, -0.2) is 15.6 Å². The minimum atomic E-state index is -0.872. The van der Waals surface area contributed by atoms with Gasteiger partial charge in [-0.3, -0.25) is 0 Å². The van der Waals surface area contributed by atoms with Gasteiger partial charge in [-0.25, -0.2) is 4.79 Å². The summed E-state index contributed by atoms with van der Waals surface area (Å²) in [7, 11) is 0. The third-order valence-electron chi connectivity index (χ3n) is 3.39. The largest absolute Gasteiger partial charge is 0.477 e. The van der Waals surface area contributed by atoms with Crippen LogP contribution >= 0.6 is 27.3 Å². The van der Waals surface area contributed by atoms with Crippen molar-refractivity contribution in [3.05, 3.63) is 44.3 Å². The van der Waals surface area contributed by atoms with E-state index in [0.717, 1.165) is 23.7 Å². The minimum absolute atomic E-state index is 0.164. The number of hydrogen-bond donors (Lipinski definition) is 1. The van der Waals surface area contributed by atoms with E-state index >= 15 is 0 Å². The van der Waals surface area contributed by atoms with Crippen LogP contribution in [0.15, 0.2) is 28.2 Å². The Bertz CT molecular complexity index is 602. The molecule has 1 aliphatic rings. The normalized spacial score (nSPS) is 18.6. The first-order chi connectivity index (χ1) is 8.66. The fourth-order valence-electron chi connectivity index (χ4n) is 2.63. The number of aromatic carboxylic acids is 1. The molecule has 0 aliphatic heterocycles. The molecule has 0 saturated carbocycles. The molecule has 0 fully saturated rings. The number of thiophene rings is 1. The monoisotopic (exact) mass is 325 g/mol. The second-order valence-corrected chi connectivity index (χ2v) is 6.38. The van der Waals surface area contributed by atoms with Gasteiger partial charge in [0, 0.05) is 15.5 Å². The zero-order valence-corrected chi connectivity index (χ0v) is 12.0. The van der Waals surface area contributed by atoms with E-state index < -0.39 is 5.97 Å². The Morgan fingerprint density at radius 3 is 3.17 bits per heavy atom. The number of hydrogen-bond acceptors (Lipinski definition) is 2. The zero-order valence-electron chi connectivity index (χ0n) is 9.60. The number of rotatable bonds is 2. The maximum Gasteiger partial charge on any atom is 0.352 e. The van der Waals surface area contributed by atoms with Crippen molar-refractivity contribution in [2.75, 3.05) is 0 Å². The Morgan fingerprint density at radius 2 is 2.39 bits per heavy atom. The number of carboxylic acid groups (broad SMARTS) is 1. The first-order valence-electron chi connectivity index (χ1n) is 5.84. The molecule has 18 heavy (non-hydrogen) atoms. The highest BCUT2D eigenvalue weighted by atomic mass is 79.9. The fraction of sp³-hybridized carbons (Fsp3) is 0.308. The molecule has 2 aromatic rings. The van der Waals surface area contributed by atoms with Crippen molar-refractivity contribution in [2.45, 2.75) is 25.3 Å². The van der Waals surface area contributed by atoms with Crippen molar-refractivity contribution in [1.29, 1.82) is 0 Å². The molecule has 0 bridgehead atoms. The Kier molecular flexibility index (Phi) is 3.03. The molecule has 2 heterocycles. The van der Waals surface area contributed by atoms with Gasteiger partial charge in [0.2, 0.25) is 0 Å². The van der Waals surface area contributed by atoms with Crippen LogP contribution in [-0.2, 0) is 6.42 Å². The van der Waals surface area contributed by atoms with Gasteiger partial charge in [-0.2, -0.15) is 0 Å². The van der Waals surface area contributed by atoms with E-state index in [9.17, 15) is 9.90 Å². The quantitative estimate of drug-likeness (QED) is 0.908. The Hall–Kier alpha value is -1.07. The zero-order chi connectivity index (χ0) is 12.7. The highest BCUT2D eigenvalue weighted by Gasteiger charge is 2.26. The van der Waals surface area contributed by atoms with Gasteiger partial charge in [0.1, 0.15) is 5.69 Å². The molecule has 0 radical (unpaired) electrons. The average molecular weight is 326 g/mol. The maximum absolute atomic E-state index is 11.3. The number of aromatic nitrogens is 1. The van der Waals surface area contributed by atoms with Crippen LogP contribution < -0.4 is 0 Å². The molecule has 3 rings (SSSR count). The lowest BCUT2D eigenvalue weighted by atomic mass is 9.94. The third kappa shape index (κ3) is 1.91. The van der Waals surface area contributed by atoms with Gasteiger partial charge < -0.3 is 9.67 Å². The average Bonchev–Trinajstić information content (AvgIpc) is 2.94. The summed E-state index contributed by atoms with van der Waals surface area (Å²) in [4.78, 5) is 12.7.